The molecule has 1 aliphatic heterocycles. The lowest BCUT2D eigenvalue weighted by molar-refractivity contribution is 0.534. The van der Waals surface area contributed by atoms with Gasteiger partial charge in [-0.1, -0.05) is 5.11 Å². The number of hydrogen-bond acceptors (Lipinski definition) is 2. The van der Waals surface area contributed by atoms with Crippen LogP contribution in [-0.2, 0) is 0 Å². The second-order valence-electron chi connectivity index (χ2n) is 2.50. The fourth-order valence-corrected chi connectivity index (χ4v) is 2.25. The predicted molar refractivity (Wildman–Crippen MR) is 44.1 cm³/mol. The van der Waals surface area contributed by atoms with Crippen LogP contribution in [0.5, 0.6) is 0 Å². The van der Waals surface area contributed by atoms with E-state index in [9.17, 15) is 0 Å². The standard InChI is InChI=1S/C6H11N3S/c7-9-8-4-6-2-1-3-10-5-6/h6H,1-5H2. The molecule has 0 aromatic carbocycles. The van der Waals surface area contributed by atoms with Gasteiger partial charge in [-0.3, -0.25) is 0 Å². The molecule has 0 N–H and O–H groups in total. The third-order valence-corrected chi connectivity index (χ3v) is 2.94. The second-order valence-corrected chi connectivity index (χ2v) is 3.65. The number of rotatable bonds is 2. The van der Waals surface area contributed by atoms with Crippen LogP contribution >= 0.6 is 11.8 Å². The third kappa shape index (κ3) is 2.50. The second kappa shape index (κ2) is 4.47. The highest BCUT2D eigenvalue weighted by molar-refractivity contribution is 7.99. The first kappa shape index (κ1) is 7.76. The van der Waals surface area contributed by atoms with Crippen molar-refractivity contribution in [2.24, 2.45) is 11.0 Å². The molecule has 0 radical (unpaired) electrons. The highest BCUT2D eigenvalue weighted by Crippen LogP contribution is 2.22. The summed E-state index contributed by atoms with van der Waals surface area (Å²) < 4.78 is 0. The molecule has 0 aliphatic carbocycles. The van der Waals surface area contributed by atoms with E-state index in [1.54, 1.807) is 0 Å². The molecular weight excluding hydrogens is 146 g/mol. The van der Waals surface area contributed by atoms with Crippen molar-refractivity contribution in [1.29, 1.82) is 0 Å². The minimum Gasteiger partial charge on any atom is -0.162 e. The Kier molecular flexibility index (Phi) is 3.47. The lowest BCUT2D eigenvalue weighted by Gasteiger charge is -2.18. The molecule has 1 aliphatic rings. The van der Waals surface area contributed by atoms with Crippen molar-refractivity contribution >= 4 is 11.8 Å². The van der Waals surface area contributed by atoms with Gasteiger partial charge in [-0.05, 0) is 35.8 Å². The molecule has 1 saturated heterocycles. The summed E-state index contributed by atoms with van der Waals surface area (Å²) in [4.78, 5) is 2.75. The molecule has 1 heterocycles. The van der Waals surface area contributed by atoms with E-state index in [2.05, 4.69) is 10.0 Å². The summed E-state index contributed by atoms with van der Waals surface area (Å²) in [6.45, 7) is 0.698. The zero-order valence-corrected chi connectivity index (χ0v) is 6.68. The maximum atomic E-state index is 8.05. The van der Waals surface area contributed by atoms with Crippen LogP contribution < -0.4 is 0 Å². The molecule has 10 heavy (non-hydrogen) atoms. The van der Waals surface area contributed by atoms with Gasteiger partial charge in [0.05, 0.1) is 0 Å². The van der Waals surface area contributed by atoms with Crippen LogP contribution in [0.15, 0.2) is 5.11 Å². The summed E-state index contributed by atoms with van der Waals surface area (Å²) in [5, 5.41) is 3.56. The lowest BCUT2D eigenvalue weighted by Crippen LogP contribution is -2.12. The molecular formula is C6H11N3S. The predicted octanol–water partition coefficient (Wildman–Crippen LogP) is 2.44. The summed E-state index contributed by atoms with van der Waals surface area (Å²) in [6.07, 6.45) is 2.53. The van der Waals surface area contributed by atoms with E-state index in [-0.39, 0.29) is 0 Å². The topological polar surface area (TPSA) is 48.8 Å². The van der Waals surface area contributed by atoms with E-state index < -0.39 is 0 Å². The molecule has 1 rings (SSSR count). The summed E-state index contributed by atoms with van der Waals surface area (Å²) in [6, 6.07) is 0. The van der Waals surface area contributed by atoms with E-state index in [1.807, 2.05) is 11.8 Å². The molecule has 1 atom stereocenters. The normalized spacial score (nSPS) is 25.4. The monoisotopic (exact) mass is 157 g/mol. The van der Waals surface area contributed by atoms with Gasteiger partial charge in [0.25, 0.3) is 0 Å². The van der Waals surface area contributed by atoms with Gasteiger partial charge in [0.2, 0.25) is 0 Å². The zero-order valence-electron chi connectivity index (χ0n) is 5.86. The van der Waals surface area contributed by atoms with Crippen molar-refractivity contribution in [2.45, 2.75) is 12.8 Å². The van der Waals surface area contributed by atoms with Crippen molar-refractivity contribution < 1.29 is 0 Å². The fraction of sp³-hybridized carbons (Fsp3) is 1.00. The number of thioether (sulfide) groups is 1. The van der Waals surface area contributed by atoms with Gasteiger partial charge in [0.1, 0.15) is 0 Å². The van der Waals surface area contributed by atoms with Gasteiger partial charge in [-0.2, -0.15) is 11.8 Å². The Labute approximate surface area is 64.8 Å². The van der Waals surface area contributed by atoms with Gasteiger partial charge in [0.15, 0.2) is 0 Å². The molecule has 1 unspecified atom stereocenters. The van der Waals surface area contributed by atoms with E-state index >= 15 is 0 Å². The summed E-state index contributed by atoms with van der Waals surface area (Å²) in [5.74, 6) is 3.11. The van der Waals surface area contributed by atoms with Crippen molar-refractivity contribution in [2.75, 3.05) is 18.1 Å². The van der Waals surface area contributed by atoms with Crippen molar-refractivity contribution in [3.05, 3.63) is 10.4 Å². The van der Waals surface area contributed by atoms with Gasteiger partial charge in [0, 0.05) is 11.5 Å². The van der Waals surface area contributed by atoms with Gasteiger partial charge >= 0.3 is 0 Å². The van der Waals surface area contributed by atoms with Crippen molar-refractivity contribution in [1.82, 2.24) is 0 Å². The average molecular weight is 157 g/mol. The van der Waals surface area contributed by atoms with E-state index in [0.717, 1.165) is 0 Å². The smallest absolute Gasteiger partial charge is 0.0294 e. The Morgan fingerprint density at radius 1 is 1.70 bits per heavy atom. The number of azide groups is 1. The third-order valence-electron chi connectivity index (χ3n) is 1.66. The van der Waals surface area contributed by atoms with Crippen LogP contribution in [-0.4, -0.2) is 18.1 Å². The van der Waals surface area contributed by atoms with Crippen LogP contribution in [0.1, 0.15) is 12.8 Å². The maximum absolute atomic E-state index is 8.05. The summed E-state index contributed by atoms with van der Waals surface area (Å²) >= 11 is 1.97. The fourth-order valence-electron chi connectivity index (χ4n) is 1.10. The molecule has 0 saturated carbocycles. The van der Waals surface area contributed by atoms with Crippen molar-refractivity contribution in [3.63, 3.8) is 0 Å². The van der Waals surface area contributed by atoms with Gasteiger partial charge in [-0.25, -0.2) is 0 Å². The largest absolute Gasteiger partial charge is 0.162 e. The number of nitrogens with zero attached hydrogens (tertiary/aromatic N) is 3. The maximum Gasteiger partial charge on any atom is 0.0294 e. The highest BCUT2D eigenvalue weighted by Gasteiger charge is 2.11. The van der Waals surface area contributed by atoms with Crippen LogP contribution in [0.25, 0.3) is 10.4 Å². The van der Waals surface area contributed by atoms with Crippen LogP contribution in [0.3, 0.4) is 0 Å². The molecule has 0 amide bonds. The molecule has 56 valence electrons. The minimum absolute atomic E-state index is 0.648. The van der Waals surface area contributed by atoms with Crippen LogP contribution in [0, 0.1) is 5.92 Å². The first-order valence-electron chi connectivity index (χ1n) is 3.52. The van der Waals surface area contributed by atoms with Gasteiger partial charge < -0.3 is 0 Å². The highest BCUT2D eigenvalue weighted by atomic mass is 32.2. The van der Waals surface area contributed by atoms with E-state index in [4.69, 9.17) is 5.53 Å². The zero-order chi connectivity index (χ0) is 7.23. The Morgan fingerprint density at radius 3 is 3.20 bits per heavy atom. The number of hydrogen-bond donors (Lipinski definition) is 0. The molecule has 4 heteroatoms. The quantitative estimate of drug-likeness (QED) is 0.345. The van der Waals surface area contributed by atoms with E-state index in [0.29, 0.717) is 12.5 Å². The molecule has 1 fully saturated rings. The van der Waals surface area contributed by atoms with Crippen LogP contribution in [0.2, 0.25) is 0 Å². The molecule has 3 nitrogen and oxygen atoms in total. The summed E-state index contributed by atoms with van der Waals surface area (Å²) in [7, 11) is 0. The van der Waals surface area contributed by atoms with Crippen LogP contribution in [0.4, 0.5) is 0 Å². The first-order chi connectivity index (χ1) is 4.93. The Hall–Kier alpha value is -0.340. The average Bonchev–Trinajstić information content (AvgIpc) is 2.03. The SMILES string of the molecule is [N-]=[N+]=NCC1CCCSC1. The molecule has 0 spiro atoms. The Morgan fingerprint density at radius 2 is 2.60 bits per heavy atom. The van der Waals surface area contributed by atoms with E-state index in [1.165, 1.54) is 24.3 Å². The van der Waals surface area contributed by atoms with Crippen molar-refractivity contribution in [3.8, 4) is 0 Å². The molecule has 0 aromatic rings. The first-order valence-corrected chi connectivity index (χ1v) is 4.67. The lowest BCUT2D eigenvalue weighted by atomic mass is 10.1. The molecule has 0 bridgehead atoms. The Balaban J connectivity index is 2.19. The van der Waals surface area contributed by atoms with Gasteiger partial charge in [-0.15, -0.1) is 0 Å². The summed E-state index contributed by atoms with van der Waals surface area (Å²) in [5.41, 5.74) is 8.05. The minimum atomic E-state index is 0.648. The Bertz CT molecular complexity index is 136. The molecule has 0 aromatic heterocycles.